The van der Waals surface area contributed by atoms with E-state index in [2.05, 4.69) is 69.1 Å². The number of hydrogen-bond acceptors (Lipinski definition) is 10. The Kier molecular flexibility index (Phi) is 12.3. The van der Waals surface area contributed by atoms with E-state index in [4.69, 9.17) is 9.47 Å². The molecule has 2 atom stereocenters. The van der Waals surface area contributed by atoms with Crippen molar-refractivity contribution in [1.82, 2.24) is 19.6 Å². The Balaban J connectivity index is 1.03. The van der Waals surface area contributed by atoms with Crippen LogP contribution in [0.4, 0.5) is 11.4 Å². The lowest BCUT2D eigenvalue weighted by Gasteiger charge is -2.36. The monoisotopic (exact) mass is 832 g/mol. The maximum absolute atomic E-state index is 13.9. The van der Waals surface area contributed by atoms with Crippen molar-refractivity contribution in [2.45, 2.75) is 82.2 Å². The SMILES string of the molecule is CC(C)Cc1ccccc1C1CCCN1C1CC=C(c2ccc(C(=O)NS(=O)(=O)c3ccc(NCC4CCOCC4)c([N+](=O)[O-])c3)c(Oc3cnc4[nH]ccc4c3)c2)CC1. The van der Waals surface area contributed by atoms with Gasteiger partial charge < -0.3 is 19.8 Å². The van der Waals surface area contributed by atoms with Crippen molar-refractivity contribution in [3.05, 3.63) is 124 Å². The Bertz CT molecular complexity index is 2510. The Morgan fingerprint density at radius 3 is 2.67 bits per heavy atom. The van der Waals surface area contributed by atoms with E-state index in [1.54, 1.807) is 24.4 Å². The quantitative estimate of drug-likeness (QED) is 0.0725. The fourth-order valence-corrected chi connectivity index (χ4v) is 9.93. The topological polar surface area (TPSA) is 169 Å². The first-order chi connectivity index (χ1) is 29.0. The third-order valence-electron chi connectivity index (χ3n) is 12.0. The van der Waals surface area contributed by atoms with Gasteiger partial charge in [-0.05, 0) is 128 Å². The number of allylic oxidation sites excluding steroid dienone is 1. The minimum atomic E-state index is -4.54. The molecule has 1 aliphatic carbocycles. The summed E-state index contributed by atoms with van der Waals surface area (Å²) in [5, 5.41) is 16.0. The fourth-order valence-electron chi connectivity index (χ4n) is 8.95. The van der Waals surface area contributed by atoms with Gasteiger partial charge >= 0.3 is 0 Å². The summed E-state index contributed by atoms with van der Waals surface area (Å²) in [6.07, 6.45) is 13.3. The number of ether oxygens (including phenoxy) is 2. The van der Waals surface area contributed by atoms with Crippen LogP contribution >= 0.6 is 0 Å². The lowest BCUT2D eigenvalue weighted by Crippen LogP contribution is -2.36. The minimum Gasteiger partial charge on any atom is -0.455 e. The van der Waals surface area contributed by atoms with Crippen molar-refractivity contribution in [2.24, 2.45) is 11.8 Å². The van der Waals surface area contributed by atoms with Crippen LogP contribution in [0, 0.1) is 22.0 Å². The number of rotatable bonds is 14. The number of likely N-dealkylation sites (tertiary alicyclic amines) is 1. The number of aromatic amines is 1. The molecule has 0 radical (unpaired) electrons. The molecule has 3 N–H and O–H groups in total. The maximum Gasteiger partial charge on any atom is 0.293 e. The molecule has 314 valence electrons. The number of amides is 1. The Morgan fingerprint density at radius 2 is 1.88 bits per heavy atom. The number of sulfonamides is 1. The van der Waals surface area contributed by atoms with Gasteiger partial charge in [-0.15, -0.1) is 0 Å². The highest BCUT2D eigenvalue weighted by molar-refractivity contribution is 7.90. The van der Waals surface area contributed by atoms with Gasteiger partial charge in [-0.2, -0.15) is 0 Å². The van der Waals surface area contributed by atoms with Crippen molar-refractivity contribution in [3.8, 4) is 11.5 Å². The summed E-state index contributed by atoms with van der Waals surface area (Å²) in [6, 6.07) is 22.1. The van der Waals surface area contributed by atoms with Gasteiger partial charge in [0.15, 0.2) is 0 Å². The molecule has 2 saturated heterocycles. The predicted molar refractivity (Wildman–Crippen MR) is 232 cm³/mol. The molecule has 0 bridgehead atoms. The number of fused-ring (bicyclic) bond motifs is 1. The third kappa shape index (κ3) is 9.25. The Hall–Kier alpha value is -5.57. The van der Waals surface area contributed by atoms with E-state index in [0.29, 0.717) is 49.2 Å². The molecule has 14 heteroatoms. The molecular formula is C46H52N6O7S. The molecule has 8 rings (SSSR count). The molecule has 0 saturated carbocycles. The molecule has 2 unspecified atom stereocenters. The fraction of sp³-hybridized carbons (Fsp3) is 0.391. The van der Waals surface area contributed by atoms with Crippen LogP contribution in [0.3, 0.4) is 0 Å². The van der Waals surface area contributed by atoms with Gasteiger partial charge in [-0.1, -0.05) is 50.3 Å². The first-order valence-electron chi connectivity index (χ1n) is 21.0. The molecule has 0 spiro atoms. The molecule has 2 aromatic heterocycles. The number of hydrogen-bond donors (Lipinski definition) is 3. The standard InChI is InChI=1S/C46H52N6O7S/c1-30(2)24-34-6-3-4-7-39(34)42-8-5-21-51(42)36-12-9-32(10-13-36)33-11-15-40(44(26-33)59-37-25-35-17-20-47-45(35)49-29-37)46(53)50-60(56,57)38-14-16-41(43(27-38)52(54)55)48-28-31-18-22-58-23-19-31/h3-4,6-7,9,11,14-17,20,25-27,29-31,36,42,48H,5,8,10,12-13,18-19,21-24,28H2,1-2H3,(H,47,49)(H,50,53). The van der Waals surface area contributed by atoms with Gasteiger partial charge in [0.25, 0.3) is 21.6 Å². The van der Waals surface area contributed by atoms with Crippen LogP contribution in [0.15, 0.2) is 96.2 Å². The normalized spacial score (nSPS) is 19.0. The Labute approximate surface area is 350 Å². The van der Waals surface area contributed by atoms with Crippen LogP contribution in [-0.2, 0) is 21.2 Å². The van der Waals surface area contributed by atoms with Crippen LogP contribution in [0.5, 0.6) is 11.5 Å². The number of nitro groups is 1. The summed E-state index contributed by atoms with van der Waals surface area (Å²) in [7, 11) is -4.54. The van der Waals surface area contributed by atoms with Crippen LogP contribution in [0.25, 0.3) is 16.6 Å². The van der Waals surface area contributed by atoms with E-state index in [1.807, 2.05) is 12.1 Å². The Morgan fingerprint density at radius 1 is 1.05 bits per heavy atom. The van der Waals surface area contributed by atoms with Crippen molar-refractivity contribution in [2.75, 3.05) is 31.6 Å². The van der Waals surface area contributed by atoms with Gasteiger partial charge in [-0.3, -0.25) is 19.8 Å². The second-order valence-corrected chi connectivity index (χ2v) is 18.2. The summed E-state index contributed by atoms with van der Waals surface area (Å²) in [6.45, 7) is 7.37. The molecule has 3 aliphatic rings. The van der Waals surface area contributed by atoms with Crippen molar-refractivity contribution in [3.63, 3.8) is 0 Å². The zero-order chi connectivity index (χ0) is 41.8. The highest BCUT2D eigenvalue weighted by atomic mass is 32.2. The van der Waals surface area contributed by atoms with Crippen molar-refractivity contribution >= 4 is 43.9 Å². The van der Waals surface area contributed by atoms with Gasteiger partial charge in [0.1, 0.15) is 22.8 Å². The van der Waals surface area contributed by atoms with E-state index in [1.165, 1.54) is 35.9 Å². The lowest BCUT2D eigenvalue weighted by atomic mass is 9.87. The number of nitrogens with one attached hydrogen (secondary N) is 3. The average molecular weight is 833 g/mol. The smallest absolute Gasteiger partial charge is 0.293 e. The lowest BCUT2D eigenvalue weighted by molar-refractivity contribution is -0.384. The molecule has 4 heterocycles. The maximum atomic E-state index is 13.9. The first-order valence-corrected chi connectivity index (χ1v) is 22.5. The van der Waals surface area contributed by atoms with Crippen molar-refractivity contribution in [1.29, 1.82) is 0 Å². The largest absolute Gasteiger partial charge is 0.455 e. The number of pyridine rings is 1. The summed E-state index contributed by atoms with van der Waals surface area (Å²) in [5.41, 5.74) is 5.35. The minimum absolute atomic E-state index is 0.0185. The zero-order valence-electron chi connectivity index (χ0n) is 34.1. The summed E-state index contributed by atoms with van der Waals surface area (Å²) in [4.78, 5) is 35.1. The molecule has 3 aromatic carbocycles. The summed E-state index contributed by atoms with van der Waals surface area (Å²) in [5.74, 6) is 0.445. The number of H-pyrrole nitrogens is 1. The summed E-state index contributed by atoms with van der Waals surface area (Å²) < 4.78 is 41.2. The number of aromatic nitrogens is 2. The predicted octanol–water partition coefficient (Wildman–Crippen LogP) is 9.19. The highest BCUT2D eigenvalue weighted by Crippen LogP contribution is 2.41. The van der Waals surface area contributed by atoms with Crippen LogP contribution in [0.1, 0.15) is 91.9 Å². The number of benzene rings is 3. The van der Waals surface area contributed by atoms with Gasteiger partial charge in [-0.25, -0.2) is 18.1 Å². The van der Waals surface area contributed by atoms with Crippen LogP contribution < -0.4 is 14.8 Å². The molecule has 2 aliphatic heterocycles. The molecule has 60 heavy (non-hydrogen) atoms. The van der Waals surface area contributed by atoms with E-state index in [9.17, 15) is 23.3 Å². The van der Waals surface area contributed by atoms with Crippen LogP contribution in [0.2, 0.25) is 0 Å². The number of anilines is 1. The molecule has 13 nitrogen and oxygen atoms in total. The molecule has 1 amide bonds. The number of nitro benzene ring substituents is 1. The van der Waals surface area contributed by atoms with Gasteiger partial charge in [0, 0.05) is 49.5 Å². The van der Waals surface area contributed by atoms with E-state index in [-0.39, 0.29) is 22.9 Å². The second-order valence-electron chi connectivity index (χ2n) is 16.6. The van der Waals surface area contributed by atoms with E-state index >= 15 is 0 Å². The van der Waals surface area contributed by atoms with E-state index in [0.717, 1.165) is 74.1 Å². The molecule has 5 aromatic rings. The average Bonchev–Trinajstić information content (AvgIpc) is 3.93. The highest BCUT2D eigenvalue weighted by Gasteiger charge is 2.34. The number of carbonyl (C=O) groups is 1. The van der Waals surface area contributed by atoms with Gasteiger partial charge in [0.05, 0.1) is 21.6 Å². The second kappa shape index (κ2) is 18.0. The van der Waals surface area contributed by atoms with Gasteiger partial charge in [0.2, 0.25) is 0 Å². The number of nitrogens with zero attached hydrogens (tertiary/aromatic N) is 3. The molecule has 2 fully saturated rings. The summed E-state index contributed by atoms with van der Waals surface area (Å²) >= 11 is 0. The van der Waals surface area contributed by atoms with Crippen molar-refractivity contribution < 1.29 is 27.6 Å². The first kappa shape index (κ1) is 41.2. The van der Waals surface area contributed by atoms with E-state index < -0.39 is 31.4 Å². The van der Waals surface area contributed by atoms with Crippen LogP contribution in [-0.4, -0.2) is 66.5 Å². The third-order valence-corrected chi connectivity index (χ3v) is 13.3. The molecular weight excluding hydrogens is 781 g/mol. The zero-order valence-corrected chi connectivity index (χ0v) is 34.9. The number of carbonyl (C=O) groups excluding carboxylic acids is 1.